The Morgan fingerprint density at radius 1 is 1.19 bits per heavy atom. The molecule has 1 atom stereocenters. The van der Waals surface area contributed by atoms with Gasteiger partial charge in [0.2, 0.25) is 0 Å². The van der Waals surface area contributed by atoms with Crippen molar-refractivity contribution >= 4 is 21.2 Å². The first kappa shape index (κ1) is 18.6. The van der Waals surface area contributed by atoms with Crippen LogP contribution in [0.2, 0.25) is 0 Å². The number of benzene rings is 2. The molecule has 9 heteroatoms. The van der Waals surface area contributed by atoms with Crippen molar-refractivity contribution in [2.24, 2.45) is 0 Å². The van der Waals surface area contributed by atoms with Crippen molar-refractivity contribution in [1.82, 2.24) is 9.78 Å². The molecule has 1 N–H and O–H groups in total. The van der Waals surface area contributed by atoms with Gasteiger partial charge in [-0.25, -0.2) is 13.1 Å². The summed E-state index contributed by atoms with van der Waals surface area (Å²) in [4.78, 5) is 10.1. The van der Waals surface area contributed by atoms with Crippen LogP contribution in [0.15, 0.2) is 65.8 Å². The van der Waals surface area contributed by atoms with Gasteiger partial charge >= 0.3 is 0 Å². The highest BCUT2D eigenvalue weighted by Crippen LogP contribution is 2.29. The summed E-state index contributed by atoms with van der Waals surface area (Å²) in [5, 5.41) is 18.4. The number of nitrogens with one attached hydrogen (secondary N) is 1. The summed E-state index contributed by atoms with van der Waals surface area (Å²) in [6.07, 6.45) is 4.50. The van der Waals surface area contributed by atoms with E-state index in [0.29, 0.717) is 5.69 Å². The van der Waals surface area contributed by atoms with E-state index in [2.05, 4.69) is 10.4 Å². The quantitative estimate of drug-likeness (QED) is 0.514. The van der Waals surface area contributed by atoms with Crippen LogP contribution in [0.25, 0.3) is 5.69 Å². The Balaban J connectivity index is 1.83. The van der Waals surface area contributed by atoms with Gasteiger partial charge in [-0.2, -0.15) is 5.10 Å². The number of rotatable bonds is 6. The highest BCUT2D eigenvalue weighted by molar-refractivity contribution is 7.90. The molecule has 3 rings (SSSR count). The summed E-state index contributed by atoms with van der Waals surface area (Å²) in [6.45, 7) is 1.92. The van der Waals surface area contributed by atoms with E-state index in [1.807, 2.05) is 43.5 Å². The molecular weight excluding hydrogens is 368 g/mol. The average molecular weight is 386 g/mol. The molecule has 0 amide bonds. The summed E-state index contributed by atoms with van der Waals surface area (Å²) < 4.78 is 25.5. The molecule has 0 spiro atoms. The van der Waals surface area contributed by atoms with Crippen LogP contribution in [-0.2, 0) is 9.84 Å². The molecular formula is C18H18N4O4S. The van der Waals surface area contributed by atoms with Crippen molar-refractivity contribution in [3.63, 3.8) is 0 Å². The van der Waals surface area contributed by atoms with Gasteiger partial charge in [-0.1, -0.05) is 12.1 Å². The number of nitro benzene ring substituents is 1. The van der Waals surface area contributed by atoms with Gasteiger partial charge in [0.25, 0.3) is 5.69 Å². The summed E-state index contributed by atoms with van der Waals surface area (Å²) in [7, 11) is -3.72. The molecule has 1 heterocycles. The van der Waals surface area contributed by atoms with Gasteiger partial charge in [0.15, 0.2) is 9.84 Å². The summed E-state index contributed by atoms with van der Waals surface area (Å²) in [5.41, 5.74) is 1.96. The maximum absolute atomic E-state index is 11.9. The van der Waals surface area contributed by atoms with Crippen molar-refractivity contribution in [1.29, 1.82) is 0 Å². The molecule has 3 aromatic rings. The van der Waals surface area contributed by atoms with E-state index in [4.69, 9.17) is 0 Å². The second kappa shape index (κ2) is 7.20. The first-order valence-corrected chi connectivity index (χ1v) is 10.00. The van der Waals surface area contributed by atoms with Gasteiger partial charge in [-0.15, -0.1) is 0 Å². The lowest BCUT2D eigenvalue weighted by molar-refractivity contribution is -0.387. The van der Waals surface area contributed by atoms with Crippen molar-refractivity contribution < 1.29 is 13.3 Å². The Labute approximate surface area is 156 Å². The fraction of sp³-hybridized carbons (Fsp3) is 0.167. The maximum atomic E-state index is 11.9. The van der Waals surface area contributed by atoms with Crippen molar-refractivity contribution in [3.8, 4) is 5.69 Å². The number of hydrogen-bond acceptors (Lipinski definition) is 6. The lowest BCUT2D eigenvalue weighted by atomic mass is 10.1. The Hall–Kier alpha value is -3.20. The second-order valence-corrected chi connectivity index (χ2v) is 8.10. The third-order valence-electron chi connectivity index (χ3n) is 4.10. The van der Waals surface area contributed by atoms with Gasteiger partial charge in [-0.05, 0) is 42.8 Å². The van der Waals surface area contributed by atoms with E-state index >= 15 is 0 Å². The maximum Gasteiger partial charge on any atom is 0.288 e. The van der Waals surface area contributed by atoms with Crippen LogP contribution in [0.5, 0.6) is 0 Å². The van der Waals surface area contributed by atoms with E-state index in [0.717, 1.165) is 17.5 Å². The molecule has 8 nitrogen and oxygen atoms in total. The predicted molar refractivity (Wildman–Crippen MR) is 102 cm³/mol. The molecule has 2 aromatic carbocycles. The number of nitro groups is 1. The van der Waals surface area contributed by atoms with E-state index in [-0.39, 0.29) is 10.9 Å². The normalized spacial score (nSPS) is 12.5. The fourth-order valence-electron chi connectivity index (χ4n) is 2.72. The molecule has 0 aliphatic carbocycles. The molecule has 1 aromatic heterocycles. The van der Waals surface area contributed by atoms with Gasteiger partial charge in [-0.3, -0.25) is 10.1 Å². The van der Waals surface area contributed by atoms with Crippen LogP contribution in [0.3, 0.4) is 0 Å². The molecule has 27 heavy (non-hydrogen) atoms. The third kappa shape index (κ3) is 4.14. The van der Waals surface area contributed by atoms with Crippen LogP contribution >= 0.6 is 0 Å². The van der Waals surface area contributed by atoms with Crippen molar-refractivity contribution in [2.45, 2.75) is 17.9 Å². The zero-order valence-electron chi connectivity index (χ0n) is 14.7. The van der Waals surface area contributed by atoms with Crippen LogP contribution in [-0.4, -0.2) is 29.4 Å². The van der Waals surface area contributed by atoms with Gasteiger partial charge < -0.3 is 5.32 Å². The Kier molecular flexibility index (Phi) is 4.95. The average Bonchev–Trinajstić information content (AvgIpc) is 3.15. The molecule has 0 aliphatic rings. The SMILES string of the molecule is CC(Nc1ccc([N+](=O)[O-])c(S(C)(=O)=O)c1)c1ccc(-n2cccn2)cc1. The van der Waals surface area contributed by atoms with E-state index in [9.17, 15) is 18.5 Å². The topological polar surface area (TPSA) is 107 Å². The third-order valence-corrected chi connectivity index (χ3v) is 5.23. The monoisotopic (exact) mass is 386 g/mol. The molecule has 0 aliphatic heterocycles. The molecule has 0 bridgehead atoms. The Morgan fingerprint density at radius 2 is 1.89 bits per heavy atom. The van der Waals surface area contributed by atoms with Crippen LogP contribution in [0, 0.1) is 10.1 Å². The number of aromatic nitrogens is 2. The fourth-order valence-corrected chi connectivity index (χ4v) is 3.59. The van der Waals surface area contributed by atoms with Crippen LogP contribution in [0.1, 0.15) is 18.5 Å². The minimum Gasteiger partial charge on any atom is -0.378 e. The Bertz CT molecular complexity index is 1060. The Morgan fingerprint density at radius 3 is 2.44 bits per heavy atom. The van der Waals surface area contributed by atoms with Crippen LogP contribution < -0.4 is 5.32 Å². The highest BCUT2D eigenvalue weighted by Gasteiger charge is 2.22. The zero-order chi connectivity index (χ0) is 19.6. The first-order valence-electron chi connectivity index (χ1n) is 8.11. The second-order valence-electron chi connectivity index (χ2n) is 6.12. The van der Waals surface area contributed by atoms with E-state index in [1.54, 1.807) is 10.9 Å². The van der Waals surface area contributed by atoms with Gasteiger partial charge in [0, 0.05) is 36.4 Å². The number of nitrogens with zero attached hydrogens (tertiary/aromatic N) is 3. The lowest BCUT2D eigenvalue weighted by Gasteiger charge is -2.17. The van der Waals surface area contributed by atoms with Crippen LogP contribution in [0.4, 0.5) is 11.4 Å². The molecule has 1 unspecified atom stereocenters. The van der Waals surface area contributed by atoms with Crippen molar-refractivity contribution in [2.75, 3.05) is 11.6 Å². The number of hydrogen-bond donors (Lipinski definition) is 1. The molecule has 140 valence electrons. The largest absolute Gasteiger partial charge is 0.378 e. The van der Waals surface area contributed by atoms with Gasteiger partial charge in [0.05, 0.1) is 10.6 Å². The zero-order valence-corrected chi connectivity index (χ0v) is 15.6. The molecule has 0 fully saturated rings. The minimum atomic E-state index is -3.72. The van der Waals surface area contributed by atoms with E-state index in [1.165, 1.54) is 18.2 Å². The molecule has 0 radical (unpaired) electrons. The standard InChI is InChI=1S/C18H18N4O4S/c1-13(14-4-7-16(8-5-14)21-11-3-10-19-21)20-15-6-9-17(22(23)24)18(12-15)27(2,25)26/h3-13,20H,1-2H3. The molecule has 0 saturated carbocycles. The smallest absolute Gasteiger partial charge is 0.288 e. The lowest BCUT2D eigenvalue weighted by Crippen LogP contribution is -2.09. The van der Waals surface area contributed by atoms with E-state index < -0.39 is 20.4 Å². The number of sulfone groups is 1. The van der Waals surface area contributed by atoms with Crippen molar-refractivity contribution in [3.05, 3.63) is 76.6 Å². The summed E-state index contributed by atoms with van der Waals surface area (Å²) in [6, 6.07) is 13.4. The van der Waals surface area contributed by atoms with Gasteiger partial charge in [0.1, 0.15) is 4.90 Å². The minimum absolute atomic E-state index is 0.134. The highest BCUT2D eigenvalue weighted by atomic mass is 32.2. The summed E-state index contributed by atoms with van der Waals surface area (Å²) in [5.74, 6) is 0. The summed E-state index contributed by atoms with van der Waals surface area (Å²) >= 11 is 0. The predicted octanol–water partition coefficient (Wildman–Crippen LogP) is 3.36. The number of anilines is 1. The first-order chi connectivity index (χ1) is 12.8. The molecule has 0 saturated heterocycles.